The highest BCUT2D eigenvalue weighted by Gasteiger charge is 2.38. The molecule has 0 aromatic heterocycles. The lowest BCUT2D eigenvalue weighted by atomic mass is 9.91. The van der Waals surface area contributed by atoms with Gasteiger partial charge in [-0.3, -0.25) is 29.4 Å². The third kappa shape index (κ3) is 11.2. The van der Waals surface area contributed by atoms with Crippen molar-refractivity contribution in [3.63, 3.8) is 0 Å². The maximum atomic E-state index is 13.7. The molecule has 2 rings (SSSR count). The predicted octanol–water partition coefficient (Wildman–Crippen LogP) is 0.708. The van der Waals surface area contributed by atoms with Gasteiger partial charge in [-0.25, -0.2) is 0 Å². The van der Waals surface area contributed by atoms with Gasteiger partial charge in [-0.2, -0.15) is 0 Å². The molecule has 1 heterocycles. The Bertz CT molecular complexity index is 1130. The molecule has 5 amide bonds. The van der Waals surface area contributed by atoms with Crippen molar-refractivity contribution in [3.8, 4) is 0 Å². The zero-order valence-corrected chi connectivity index (χ0v) is 25.7. The molecule has 1 aliphatic rings. The number of hydrogen-bond acceptors (Lipinski definition) is 6. The number of rotatable bonds is 8. The zero-order valence-electron chi connectivity index (χ0n) is 25.7. The first-order valence-electron chi connectivity index (χ1n) is 15.0. The number of hydrogen-bond donors (Lipinski definition) is 8. The Morgan fingerprint density at radius 1 is 1.00 bits per heavy atom. The molecule has 1 aromatic rings. The smallest absolute Gasteiger partial charge is 0.247 e. The summed E-state index contributed by atoms with van der Waals surface area (Å²) in [4.78, 5) is 66.5. The van der Waals surface area contributed by atoms with Gasteiger partial charge in [0.25, 0.3) is 0 Å². The van der Waals surface area contributed by atoms with Crippen LogP contribution in [0.3, 0.4) is 0 Å². The minimum Gasteiger partial charge on any atom is -0.370 e. The number of guanidine groups is 1. The summed E-state index contributed by atoms with van der Waals surface area (Å²) >= 11 is 0. The first kappa shape index (κ1) is 35.0. The summed E-state index contributed by atoms with van der Waals surface area (Å²) in [5.74, 6) is -2.88. The normalized spacial score (nSPS) is 24.5. The average molecular weight is 601 g/mol. The minimum absolute atomic E-state index is 0.180. The van der Waals surface area contributed by atoms with Crippen LogP contribution >= 0.6 is 0 Å². The van der Waals surface area contributed by atoms with E-state index in [9.17, 15) is 24.0 Å². The molecule has 0 spiro atoms. The van der Waals surface area contributed by atoms with E-state index in [4.69, 9.17) is 11.1 Å². The van der Waals surface area contributed by atoms with Crippen molar-refractivity contribution in [2.24, 2.45) is 11.7 Å². The molecular weight excluding hydrogens is 552 g/mol. The van der Waals surface area contributed by atoms with E-state index in [0.717, 1.165) is 0 Å². The molecule has 1 saturated heterocycles. The van der Waals surface area contributed by atoms with E-state index in [-0.39, 0.29) is 36.5 Å². The summed E-state index contributed by atoms with van der Waals surface area (Å²) < 4.78 is 0. The number of amides is 5. The first-order valence-corrected chi connectivity index (χ1v) is 15.0. The van der Waals surface area contributed by atoms with Gasteiger partial charge in [0.05, 0.1) is 0 Å². The summed E-state index contributed by atoms with van der Waals surface area (Å²) in [5, 5.41) is 24.1. The molecule has 43 heavy (non-hydrogen) atoms. The van der Waals surface area contributed by atoms with Crippen LogP contribution < -0.4 is 37.6 Å². The van der Waals surface area contributed by atoms with Gasteiger partial charge < -0.3 is 37.6 Å². The van der Waals surface area contributed by atoms with Crippen LogP contribution in [0.25, 0.3) is 0 Å². The lowest BCUT2D eigenvalue weighted by Gasteiger charge is -2.32. The maximum absolute atomic E-state index is 13.7. The summed E-state index contributed by atoms with van der Waals surface area (Å²) in [7, 11) is 0. The van der Waals surface area contributed by atoms with Crippen molar-refractivity contribution in [3.05, 3.63) is 35.9 Å². The van der Waals surface area contributed by atoms with Crippen LogP contribution in [-0.4, -0.2) is 66.2 Å². The fourth-order valence-electron chi connectivity index (χ4n) is 4.67. The van der Waals surface area contributed by atoms with Gasteiger partial charge in [0.2, 0.25) is 29.5 Å². The van der Waals surface area contributed by atoms with E-state index in [1.165, 1.54) is 0 Å². The van der Waals surface area contributed by atoms with Gasteiger partial charge in [-0.1, -0.05) is 63.9 Å². The van der Waals surface area contributed by atoms with Crippen LogP contribution in [0.5, 0.6) is 0 Å². The van der Waals surface area contributed by atoms with E-state index in [1.54, 1.807) is 52.0 Å². The first-order chi connectivity index (χ1) is 20.4. The molecule has 238 valence electrons. The Labute approximate surface area is 253 Å². The summed E-state index contributed by atoms with van der Waals surface area (Å²) in [6, 6.07) is 5.89. The van der Waals surface area contributed by atoms with Crippen LogP contribution in [0.4, 0.5) is 0 Å². The number of carbonyl (C=O) groups excluding carboxylic acids is 5. The number of benzene rings is 1. The van der Waals surface area contributed by atoms with Crippen molar-refractivity contribution < 1.29 is 24.0 Å². The van der Waals surface area contributed by atoms with Crippen molar-refractivity contribution in [2.75, 3.05) is 13.1 Å². The largest absolute Gasteiger partial charge is 0.370 e. The van der Waals surface area contributed by atoms with Gasteiger partial charge >= 0.3 is 0 Å². The molecule has 4 atom stereocenters. The quantitative estimate of drug-likeness (QED) is 0.122. The summed E-state index contributed by atoms with van der Waals surface area (Å²) in [6.45, 7) is 7.49. The van der Waals surface area contributed by atoms with Gasteiger partial charge in [0.15, 0.2) is 5.96 Å². The molecule has 1 fully saturated rings. The number of nitrogens with one attached hydrogen (secondary N) is 7. The van der Waals surface area contributed by atoms with Gasteiger partial charge in [0, 0.05) is 19.0 Å². The lowest BCUT2D eigenvalue weighted by Crippen LogP contribution is -2.62. The van der Waals surface area contributed by atoms with Crippen LogP contribution in [0, 0.1) is 11.3 Å². The Morgan fingerprint density at radius 2 is 1.67 bits per heavy atom. The average Bonchev–Trinajstić information content (AvgIpc) is 2.97. The fourth-order valence-corrected chi connectivity index (χ4v) is 4.67. The highest BCUT2D eigenvalue weighted by molar-refractivity contribution is 5.97. The van der Waals surface area contributed by atoms with E-state index < -0.39 is 41.4 Å². The second kappa shape index (κ2) is 17.1. The molecule has 9 N–H and O–H groups in total. The standard InChI is InChI=1S/C30H48N8O5/c1-5-21-25(40)37-23(20-13-8-6-9-14-20)27(42)33-17-11-7-10-16-30(4,38-24(39)19(2)3)28(43)36-22(26(41)35-21)15-12-18-34-29(31)32/h6,8-9,13-14,19,21-23H,5,7,10-12,15-18H2,1-4H3,(H,33,42)(H,35,41)(H,36,43)(H,37,40)(H,38,39)(H4,31,32,34)/t21-,22-,23+,30+/m0/s1. The van der Waals surface area contributed by atoms with Crippen LogP contribution in [0.15, 0.2) is 30.3 Å². The Morgan fingerprint density at radius 3 is 2.30 bits per heavy atom. The Kier molecular flexibility index (Phi) is 13.9. The van der Waals surface area contributed by atoms with E-state index in [0.29, 0.717) is 50.8 Å². The van der Waals surface area contributed by atoms with Crippen molar-refractivity contribution >= 4 is 35.5 Å². The second-order valence-corrected chi connectivity index (χ2v) is 11.4. The van der Waals surface area contributed by atoms with Gasteiger partial charge in [-0.05, 0) is 44.6 Å². The number of carbonyl (C=O) groups is 5. The third-order valence-electron chi connectivity index (χ3n) is 7.41. The van der Waals surface area contributed by atoms with Gasteiger partial charge in [-0.15, -0.1) is 0 Å². The molecule has 0 aliphatic carbocycles. The molecule has 0 radical (unpaired) electrons. The molecule has 0 saturated carbocycles. The van der Waals surface area contributed by atoms with Crippen molar-refractivity contribution in [1.29, 1.82) is 5.41 Å². The summed E-state index contributed by atoms with van der Waals surface area (Å²) in [6.07, 6.45) is 2.98. The fraction of sp³-hybridized carbons (Fsp3) is 0.600. The van der Waals surface area contributed by atoms with Crippen molar-refractivity contribution in [1.82, 2.24) is 31.9 Å². The Hall–Kier alpha value is -4.16. The number of nitrogens with two attached hydrogens (primary N) is 1. The molecule has 1 aliphatic heterocycles. The second-order valence-electron chi connectivity index (χ2n) is 11.4. The van der Waals surface area contributed by atoms with Crippen molar-refractivity contribution in [2.45, 2.75) is 96.3 Å². The van der Waals surface area contributed by atoms with Gasteiger partial charge in [0.1, 0.15) is 23.7 Å². The van der Waals surface area contributed by atoms with Crippen LogP contribution in [-0.2, 0) is 24.0 Å². The third-order valence-corrected chi connectivity index (χ3v) is 7.41. The van der Waals surface area contributed by atoms with E-state index >= 15 is 0 Å². The van der Waals surface area contributed by atoms with Crippen LogP contribution in [0.2, 0.25) is 0 Å². The van der Waals surface area contributed by atoms with E-state index in [1.807, 2.05) is 6.07 Å². The topological polar surface area (TPSA) is 207 Å². The molecule has 13 nitrogen and oxygen atoms in total. The molecular formula is C30H48N8O5. The maximum Gasteiger partial charge on any atom is 0.247 e. The highest BCUT2D eigenvalue weighted by atomic mass is 16.2. The lowest BCUT2D eigenvalue weighted by molar-refractivity contribution is -0.137. The predicted molar refractivity (Wildman–Crippen MR) is 163 cm³/mol. The van der Waals surface area contributed by atoms with Crippen LogP contribution in [0.1, 0.15) is 84.2 Å². The van der Waals surface area contributed by atoms with E-state index in [2.05, 4.69) is 31.9 Å². The minimum atomic E-state index is -1.30. The molecule has 13 heteroatoms. The highest BCUT2D eigenvalue weighted by Crippen LogP contribution is 2.19. The Balaban J connectivity index is 2.40. The zero-order chi connectivity index (χ0) is 32.0. The molecule has 0 unspecified atom stereocenters. The molecule has 0 bridgehead atoms. The molecule has 1 aromatic carbocycles. The monoisotopic (exact) mass is 600 g/mol. The SMILES string of the molecule is CC[C@@H]1NC(=O)[C@H](CCCNC(=N)N)NC(=O)[C@](C)(NC(=O)C(C)C)CCCCCNC(=O)[C@@H](c2ccccc2)NC1=O. The summed E-state index contributed by atoms with van der Waals surface area (Å²) in [5.41, 5.74) is 4.68.